The topological polar surface area (TPSA) is 58.4 Å². The number of benzene rings is 1. The zero-order valence-electron chi connectivity index (χ0n) is 12.7. The molecule has 2 aliphatic rings. The van der Waals surface area contributed by atoms with Crippen LogP contribution in [0.15, 0.2) is 30.3 Å². The quantitative estimate of drug-likeness (QED) is 0.858. The number of rotatable bonds is 5. The Labute approximate surface area is 126 Å². The van der Waals surface area contributed by atoms with E-state index in [2.05, 4.69) is 17.1 Å². The van der Waals surface area contributed by atoms with E-state index >= 15 is 0 Å². The predicted octanol–water partition coefficient (Wildman–Crippen LogP) is 1.30. The highest BCUT2D eigenvalue weighted by atomic mass is 16.2. The Hall–Kier alpha value is -1.39. The van der Waals surface area contributed by atoms with Crippen molar-refractivity contribution in [2.45, 2.75) is 56.8 Å². The first-order valence-electron chi connectivity index (χ1n) is 7.99. The second-order valence-corrected chi connectivity index (χ2v) is 6.51. The smallest absolute Gasteiger partial charge is 0.237 e. The van der Waals surface area contributed by atoms with E-state index in [0.29, 0.717) is 12.5 Å². The van der Waals surface area contributed by atoms with Crippen LogP contribution < -0.4 is 11.1 Å². The summed E-state index contributed by atoms with van der Waals surface area (Å²) in [6, 6.07) is 11.1. The van der Waals surface area contributed by atoms with Crippen molar-refractivity contribution < 1.29 is 4.79 Å². The lowest BCUT2D eigenvalue weighted by atomic mass is 10.1. The van der Waals surface area contributed by atoms with Gasteiger partial charge in [0.1, 0.15) is 0 Å². The summed E-state index contributed by atoms with van der Waals surface area (Å²) >= 11 is 0. The van der Waals surface area contributed by atoms with Crippen molar-refractivity contribution in [3.8, 4) is 0 Å². The van der Waals surface area contributed by atoms with Crippen LogP contribution in [0.25, 0.3) is 0 Å². The van der Waals surface area contributed by atoms with E-state index in [0.717, 1.165) is 24.6 Å². The fraction of sp³-hybridized carbons (Fsp3) is 0.588. The van der Waals surface area contributed by atoms with Gasteiger partial charge in [-0.15, -0.1) is 0 Å². The lowest BCUT2D eigenvalue weighted by Gasteiger charge is -2.20. The van der Waals surface area contributed by atoms with E-state index in [9.17, 15) is 4.79 Å². The van der Waals surface area contributed by atoms with Crippen LogP contribution in [-0.2, 0) is 11.2 Å². The average molecular weight is 287 g/mol. The van der Waals surface area contributed by atoms with E-state index in [1.54, 1.807) is 0 Å². The molecule has 1 saturated carbocycles. The minimum atomic E-state index is -0.460. The summed E-state index contributed by atoms with van der Waals surface area (Å²) in [4.78, 5) is 14.8. The molecule has 1 amide bonds. The van der Waals surface area contributed by atoms with E-state index in [4.69, 9.17) is 5.73 Å². The van der Waals surface area contributed by atoms with Gasteiger partial charge in [-0.2, -0.15) is 0 Å². The van der Waals surface area contributed by atoms with Gasteiger partial charge in [-0.3, -0.25) is 9.69 Å². The van der Waals surface area contributed by atoms with Crippen LogP contribution in [-0.4, -0.2) is 41.5 Å². The first kappa shape index (κ1) is 14.5. The number of nitrogens with one attached hydrogen (secondary N) is 1. The largest absolute Gasteiger partial charge is 0.351 e. The SMILES string of the molecule is C[C@@H]1C[C@@H](NC(=O)[C@H](N)Cc2ccccc2)CN1C1CC1. The van der Waals surface area contributed by atoms with Crippen LogP contribution in [0.3, 0.4) is 0 Å². The molecule has 0 unspecified atom stereocenters. The van der Waals surface area contributed by atoms with Gasteiger partial charge in [0, 0.05) is 24.7 Å². The number of carbonyl (C=O) groups is 1. The van der Waals surface area contributed by atoms with E-state index in [1.165, 1.54) is 12.8 Å². The van der Waals surface area contributed by atoms with Gasteiger partial charge in [0.15, 0.2) is 0 Å². The van der Waals surface area contributed by atoms with Crippen molar-refractivity contribution in [3.63, 3.8) is 0 Å². The third kappa shape index (κ3) is 3.63. The molecule has 114 valence electrons. The zero-order valence-corrected chi connectivity index (χ0v) is 12.7. The molecule has 21 heavy (non-hydrogen) atoms. The second-order valence-electron chi connectivity index (χ2n) is 6.51. The Morgan fingerprint density at radius 1 is 1.38 bits per heavy atom. The van der Waals surface area contributed by atoms with Gasteiger partial charge < -0.3 is 11.1 Å². The van der Waals surface area contributed by atoms with Crippen LogP contribution in [0, 0.1) is 0 Å². The highest BCUT2D eigenvalue weighted by Gasteiger charge is 2.39. The molecule has 4 heteroatoms. The Balaban J connectivity index is 1.49. The molecule has 3 N–H and O–H groups in total. The maximum absolute atomic E-state index is 12.2. The maximum atomic E-state index is 12.2. The monoisotopic (exact) mass is 287 g/mol. The van der Waals surface area contributed by atoms with Gasteiger partial charge in [0.25, 0.3) is 0 Å². The Morgan fingerprint density at radius 2 is 2.10 bits per heavy atom. The summed E-state index contributed by atoms with van der Waals surface area (Å²) in [5, 5.41) is 3.14. The summed E-state index contributed by atoms with van der Waals surface area (Å²) in [6.45, 7) is 3.24. The van der Waals surface area contributed by atoms with Gasteiger partial charge in [0.05, 0.1) is 6.04 Å². The minimum Gasteiger partial charge on any atom is -0.351 e. The number of hydrogen-bond acceptors (Lipinski definition) is 3. The number of likely N-dealkylation sites (tertiary alicyclic amines) is 1. The number of amides is 1. The fourth-order valence-electron chi connectivity index (χ4n) is 3.34. The molecule has 0 spiro atoms. The Morgan fingerprint density at radius 3 is 2.76 bits per heavy atom. The van der Waals surface area contributed by atoms with Crippen LogP contribution in [0.4, 0.5) is 0 Å². The molecule has 1 saturated heterocycles. The van der Waals surface area contributed by atoms with Crippen molar-refractivity contribution in [2.24, 2.45) is 5.73 Å². The highest BCUT2D eigenvalue weighted by molar-refractivity contribution is 5.82. The number of nitrogens with zero attached hydrogens (tertiary/aromatic N) is 1. The van der Waals surface area contributed by atoms with Gasteiger partial charge >= 0.3 is 0 Å². The molecular weight excluding hydrogens is 262 g/mol. The molecule has 4 nitrogen and oxygen atoms in total. The van der Waals surface area contributed by atoms with Crippen LogP contribution in [0.1, 0.15) is 31.7 Å². The molecule has 3 atom stereocenters. The molecule has 2 fully saturated rings. The number of hydrogen-bond donors (Lipinski definition) is 2. The Kier molecular flexibility index (Phi) is 4.27. The van der Waals surface area contributed by atoms with Crippen molar-refractivity contribution >= 4 is 5.91 Å². The van der Waals surface area contributed by atoms with Crippen molar-refractivity contribution in [2.75, 3.05) is 6.54 Å². The second kappa shape index (κ2) is 6.16. The van der Waals surface area contributed by atoms with E-state index in [-0.39, 0.29) is 11.9 Å². The standard InChI is InChI=1S/C17H25N3O/c1-12-9-14(11-20(12)15-7-8-15)19-17(21)16(18)10-13-5-3-2-4-6-13/h2-6,12,14-16H,7-11,18H2,1H3,(H,19,21)/t12-,14-,16-/m1/s1. The summed E-state index contributed by atoms with van der Waals surface area (Å²) < 4.78 is 0. The predicted molar refractivity (Wildman–Crippen MR) is 83.9 cm³/mol. The molecule has 1 aromatic rings. The van der Waals surface area contributed by atoms with Crippen molar-refractivity contribution in [3.05, 3.63) is 35.9 Å². The molecule has 0 radical (unpaired) electrons. The lowest BCUT2D eigenvalue weighted by molar-refractivity contribution is -0.123. The third-order valence-electron chi connectivity index (χ3n) is 4.62. The first-order chi connectivity index (χ1) is 10.1. The molecule has 0 bridgehead atoms. The molecular formula is C17H25N3O. The average Bonchev–Trinajstić information content (AvgIpc) is 3.24. The first-order valence-corrected chi connectivity index (χ1v) is 7.99. The van der Waals surface area contributed by atoms with E-state index < -0.39 is 6.04 Å². The van der Waals surface area contributed by atoms with Gasteiger partial charge in [-0.25, -0.2) is 0 Å². The molecule has 1 aliphatic carbocycles. The summed E-state index contributed by atoms with van der Waals surface area (Å²) in [7, 11) is 0. The number of carbonyl (C=O) groups excluding carboxylic acids is 1. The van der Waals surface area contributed by atoms with E-state index in [1.807, 2.05) is 30.3 Å². The van der Waals surface area contributed by atoms with Crippen LogP contribution in [0.5, 0.6) is 0 Å². The van der Waals surface area contributed by atoms with Crippen LogP contribution >= 0.6 is 0 Å². The molecule has 1 aromatic carbocycles. The van der Waals surface area contributed by atoms with Gasteiger partial charge in [0.2, 0.25) is 5.91 Å². The fourth-order valence-corrected chi connectivity index (χ4v) is 3.34. The molecule has 1 aliphatic heterocycles. The highest BCUT2D eigenvalue weighted by Crippen LogP contribution is 2.33. The summed E-state index contributed by atoms with van der Waals surface area (Å²) in [6.07, 6.45) is 4.28. The third-order valence-corrected chi connectivity index (χ3v) is 4.62. The summed E-state index contributed by atoms with van der Waals surface area (Å²) in [5.41, 5.74) is 7.15. The molecule has 1 heterocycles. The van der Waals surface area contributed by atoms with Crippen molar-refractivity contribution in [1.82, 2.24) is 10.2 Å². The maximum Gasteiger partial charge on any atom is 0.237 e. The normalized spacial score (nSPS) is 27.5. The molecule has 0 aromatic heterocycles. The zero-order chi connectivity index (χ0) is 14.8. The lowest BCUT2D eigenvalue weighted by Crippen LogP contribution is -2.47. The number of nitrogens with two attached hydrogens (primary N) is 1. The minimum absolute atomic E-state index is 0.0197. The van der Waals surface area contributed by atoms with Gasteiger partial charge in [-0.05, 0) is 38.2 Å². The van der Waals surface area contributed by atoms with Crippen molar-refractivity contribution in [1.29, 1.82) is 0 Å². The Bertz CT molecular complexity index is 486. The molecule has 3 rings (SSSR count). The van der Waals surface area contributed by atoms with Crippen LogP contribution in [0.2, 0.25) is 0 Å². The van der Waals surface area contributed by atoms with Gasteiger partial charge in [-0.1, -0.05) is 30.3 Å². The summed E-state index contributed by atoms with van der Waals surface area (Å²) in [5.74, 6) is -0.0197.